The van der Waals surface area contributed by atoms with Crippen LogP contribution in [0.1, 0.15) is 12.8 Å². The van der Waals surface area contributed by atoms with E-state index in [0.29, 0.717) is 13.1 Å². The van der Waals surface area contributed by atoms with Gasteiger partial charge in [0.2, 0.25) is 0 Å². The van der Waals surface area contributed by atoms with Crippen LogP contribution < -0.4 is 16.8 Å². The summed E-state index contributed by atoms with van der Waals surface area (Å²) >= 11 is 0. The van der Waals surface area contributed by atoms with Crippen molar-refractivity contribution in [3.05, 3.63) is 0 Å². The fourth-order valence-corrected chi connectivity index (χ4v) is 1.24. The van der Waals surface area contributed by atoms with E-state index in [1.54, 1.807) is 0 Å². The van der Waals surface area contributed by atoms with Crippen LogP contribution in [0.25, 0.3) is 0 Å². The van der Waals surface area contributed by atoms with Gasteiger partial charge in [0.15, 0.2) is 5.96 Å². The number of guanidine groups is 1. The first-order valence-corrected chi connectivity index (χ1v) is 6.02. The zero-order valence-corrected chi connectivity index (χ0v) is 8.78. The molecule has 84 valence electrons. The first-order chi connectivity index (χ1) is 6.42. The highest BCUT2D eigenvalue weighted by Crippen LogP contribution is 2.31. The number of nitrogens with two attached hydrogens (primary N) is 2. The van der Waals surface area contributed by atoms with E-state index in [2.05, 4.69) is 10.3 Å². The van der Waals surface area contributed by atoms with Crippen molar-refractivity contribution in [2.75, 3.05) is 19.4 Å². The molecule has 0 fully saturated rings. The first kappa shape index (κ1) is 13.4. The Morgan fingerprint density at radius 2 is 2.00 bits per heavy atom. The minimum absolute atomic E-state index is 0.0631. The number of nitrogens with one attached hydrogen (secondary N) is 1. The number of unbranched alkanes of at least 4 members (excludes halogenated alkanes) is 1. The van der Waals surface area contributed by atoms with Gasteiger partial charge in [0.25, 0.3) is 0 Å². The van der Waals surface area contributed by atoms with Crippen LogP contribution in [-0.2, 0) is 4.57 Å². The van der Waals surface area contributed by atoms with Gasteiger partial charge in [-0.2, -0.15) is 0 Å². The fourth-order valence-electron chi connectivity index (χ4n) is 0.795. The monoisotopic (exact) mass is 224 g/mol. The van der Waals surface area contributed by atoms with Crippen LogP contribution in [0.15, 0.2) is 4.99 Å². The lowest BCUT2D eigenvalue weighted by Crippen LogP contribution is -2.23. The Hall–Kier alpha value is -0.620. The predicted molar refractivity (Wildman–Crippen MR) is 54.8 cm³/mol. The van der Waals surface area contributed by atoms with Crippen molar-refractivity contribution in [3.8, 4) is 0 Å². The van der Waals surface area contributed by atoms with Crippen LogP contribution in [0, 0.1) is 0 Å². The third kappa shape index (κ3) is 11.4. The molecule has 0 radical (unpaired) electrons. The Kier molecular flexibility index (Phi) is 6.48. The summed E-state index contributed by atoms with van der Waals surface area (Å²) in [4.78, 5) is 20.7. The summed E-state index contributed by atoms with van der Waals surface area (Å²) in [6, 6.07) is 0. The molecular weight excluding hydrogens is 207 g/mol. The number of aliphatic imine (C=N–C) groups is 1. The van der Waals surface area contributed by atoms with Crippen molar-refractivity contribution in [1.82, 2.24) is 5.32 Å². The SMILES string of the molecule is NC(N)=NCCCCNCP(=O)(O)O. The van der Waals surface area contributed by atoms with Crippen LogP contribution in [0.5, 0.6) is 0 Å². The highest BCUT2D eigenvalue weighted by atomic mass is 31.2. The van der Waals surface area contributed by atoms with Crippen molar-refractivity contribution in [2.24, 2.45) is 16.5 Å². The molecule has 8 heteroatoms. The van der Waals surface area contributed by atoms with Crippen molar-refractivity contribution in [2.45, 2.75) is 12.8 Å². The Morgan fingerprint density at radius 1 is 1.36 bits per heavy atom. The molecule has 0 spiro atoms. The van der Waals surface area contributed by atoms with Gasteiger partial charge in [0.1, 0.15) is 0 Å². The Labute approximate surface area is 82.7 Å². The van der Waals surface area contributed by atoms with Crippen LogP contribution in [-0.4, -0.2) is 35.1 Å². The van der Waals surface area contributed by atoms with E-state index in [1.165, 1.54) is 0 Å². The largest absolute Gasteiger partial charge is 0.370 e. The predicted octanol–water partition coefficient (Wildman–Crippen LogP) is -1.24. The summed E-state index contributed by atoms with van der Waals surface area (Å²) in [6.07, 6.45) is 1.28. The van der Waals surface area contributed by atoms with Gasteiger partial charge in [-0.25, -0.2) is 0 Å². The maximum absolute atomic E-state index is 10.4. The average Bonchev–Trinajstić information content (AvgIpc) is 2.00. The van der Waals surface area contributed by atoms with E-state index in [0.717, 1.165) is 12.8 Å². The molecule has 0 saturated heterocycles. The number of hydrogen-bond acceptors (Lipinski definition) is 3. The molecule has 0 unspecified atom stereocenters. The van der Waals surface area contributed by atoms with Crippen LogP contribution >= 0.6 is 7.60 Å². The second-order valence-electron chi connectivity index (χ2n) is 2.84. The molecule has 0 aliphatic heterocycles. The Bertz CT molecular complexity index is 223. The summed E-state index contributed by atoms with van der Waals surface area (Å²) in [5, 5.41) is 2.64. The van der Waals surface area contributed by atoms with Crippen molar-refractivity contribution < 1.29 is 14.4 Å². The third-order valence-electron chi connectivity index (χ3n) is 1.37. The smallest absolute Gasteiger partial charge is 0.339 e. The van der Waals surface area contributed by atoms with Crippen LogP contribution in [0.3, 0.4) is 0 Å². The zero-order chi connectivity index (χ0) is 11.0. The summed E-state index contributed by atoms with van der Waals surface area (Å²) in [5.41, 5.74) is 10.2. The topological polar surface area (TPSA) is 134 Å². The van der Waals surface area contributed by atoms with E-state index >= 15 is 0 Å². The summed E-state index contributed by atoms with van der Waals surface area (Å²) in [6.45, 7) is 1.09. The number of hydrogen-bond donors (Lipinski definition) is 5. The van der Waals surface area contributed by atoms with Gasteiger partial charge < -0.3 is 26.6 Å². The van der Waals surface area contributed by atoms with Crippen molar-refractivity contribution in [1.29, 1.82) is 0 Å². The molecule has 0 aromatic heterocycles. The van der Waals surface area contributed by atoms with Gasteiger partial charge >= 0.3 is 7.60 Å². The Morgan fingerprint density at radius 3 is 2.50 bits per heavy atom. The second kappa shape index (κ2) is 6.78. The number of rotatable bonds is 7. The van der Waals surface area contributed by atoms with Crippen molar-refractivity contribution >= 4 is 13.6 Å². The lowest BCUT2D eigenvalue weighted by atomic mass is 10.3. The molecule has 0 amide bonds. The molecule has 0 saturated carbocycles. The van der Waals surface area contributed by atoms with Gasteiger partial charge in [-0.15, -0.1) is 0 Å². The van der Waals surface area contributed by atoms with E-state index < -0.39 is 7.60 Å². The van der Waals surface area contributed by atoms with Gasteiger partial charge in [-0.3, -0.25) is 9.56 Å². The summed E-state index contributed by atoms with van der Waals surface area (Å²) in [7, 11) is -3.92. The zero-order valence-electron chi connectivity index (χ0n) is 7.89. The standard InChI is InChI=1S/C6H17N4O3P/c7-6(8)10-4-2-1-3-9-5-14(11,12)13/h9H,1-5H2,(H4,7,8,10)(H2,11,12,13). The van der Waals surface area contributed by atoms with E-state index in [-0.39, 0.29) is 12.2 Å². The van der Waals surface area contributed by atoms with E-state index in [9.17, 15) is 4.57 Å². The number of nitrogens with zero attached hydrogens (tertiary/aromatic N) is 1. The molecule has 7 nitrogen and oxygen atoms in total. The molecule has 0 aliphatic carbocycles. The van der Waals surface area contributed by atoms with Gasteiger partial charge in [0, 0.05) is 6.54 Å². The van der Waals surface area contributed by atoms with E-state index in [1.807, 2.05) is 0 Å². The Balaban J connectivity index is 3.23. The quantitative estimate of drug-likeness (QED) is 0.159. The molecule has 0 aromatic rings. The molecular formula is C6H17N4O3P. The average molecular weight is 224 g/mol. The third-order valence-corrected chi connectivity index (χ3v) is 2.01. The molecule has 0 aromatic carbocycles. The fraction of sp³-hybridized carbons (Fsp3) is 0.833. The lowest BCUT2D eigenvalue weighted by Gasteiger charge is -2.05. The maximum Gasteiger partial charge on any atom is 0.339 e. The first-order valence-electron chi connectivity index (χ1n) is 4.22. The molecule has 0 aliphatic rings. The normalized spacial score (nSPS) is 11.3. The molecule has 0 bridgehead atoms. The highest BCUT2D eigenvalue weighted by molar-refractivity contribution is 7.51. The molecule has 14 heavy (non-hydrogen) atoms. The minimum atomic E-state index is -3.92. The van der Waals surface area contributed by atoms with Gasteiger partial charge in [-0.1, -0.05) is 0 Å². The molecule has 0 rings (SSSR count). The lowest BCUT2D eigenvalue weighted by molar-refractivity contribution is 0.367. The second-order valence-corrected chi connectivity index (χ2v) is 4.48. The summed E-state index contributed by atoms with van der Waals surface area (Å²) < 4.78 is 10.4. The van der Waals surface area contributed by atoms with Crippen LogP contribution in [0.4, 0.5) is 0 Å². The van der Waals surface area contributed by atoms with Crippen molar-refractivity contribution in [3.63, 3.8) is 0 Å². The minimum Gasteiger partial charge on any atom is -0.370 e. The maximum atomic E-state index is 10.4. The van der Waals surface area contributed by atoms with Gasteiger partial charge in [-0.05, 0) is 19.4 Å². The molecule has 0 atom stereocenters. The molecule has 0 heterocycles. The van der Waals surface area contributed by atoms with Crippen LogP contribution in [0.2, 0.25) is 0 Å². The van der Waals surface area contributed by atoms with Gasteiger partial charge in [0.05, 0.1) is 6.29 Å². The van der Waals surface area contributed by atoms with E-state index in [4.69, 9.17) is 21.3 Å². The highest BCUT2D eigenvalue weighted by Gasteiger charge is 2.10. The molecule has 7 N–H and O–H groups in total. The summed E-state index contributed by atoms with van der Waals surface area (Å²) in [5.74, 6) is 0.0631.